The summed E-state index contributed by atoms with van der Waals surface area (Å²) in [4.78, 5) is 16.8. The first-order valence-corrected chi connectivity index (χ1v) is 12.3. The number of nitrogens with zero attached hydrogens (tertiary/aromatic N) is 5. The molecule has 36 heavy (non-hydrogen) atoms. The van der Waals surface area contributed by atoms with Crippen LogP contribution in [0.4, 0.5) is 0 Å². The second-order valence-corrected chi connectivity index (χ2v) is 8.51. The van der Waals surface area contributed by atoms with Gasteiger partial charge in [-0.1, -0.05) is 23.9 Å². The number of benzene rings is 2. The number of carbonyl (C=O) groups excluding carboxylic acids is 1. The molecule has 4 rings (SSSR count). The van der Waals surface area contributed by atoms with Gasteiger partial charge in [-0.15, -0.1) is 10.2 Å². The fourth-order valence-electron chi connectivity index (χ4n) is 3.36. The average molecular weight is 503 g/mol. The van der Waals surface area contributed by atoms with Crippen molar-refractivity contribution in [3.05, 3.63) is 78.6 Å². The van der Waals surface area contributed by atoms with Crippen LogP contribution in [0.25, 0.3) is 17.1 Å². The van der Waals surface area contributed by atoms with Crippen molar-refractivity contribution in [2.75, 3.05) is 19.5 Å². The molecule has 0 aliphatic heterocycles. The molecule has 0 unspecified atom stereocenters. The van der Waals surface area contributed by atoms with E-state index < -0.39 is 0 Å². The summed E-state index contributed by atoms with van der Waals surface area (Å²) in [6, 6.07) is 18.9. The molecule has 0 bridgehead atoms. The zero-order valence-electron chi connectivity index (χ0n) is 20.2. The highest BCUT2D eigenvalue weighted by Gasteiger charge is 2.17. The molecule has 1 N–H and O–H groups in total. The molecule has 0 atom stereocenters. The number of hydrogen-bond donors (Lipinski definition) is 1. The molecule has 0 aliphatic rings. The monoisotopic (exact) mass is 502 g/mol. The van der Waals surface area contributed by atoms with Crippen molar-refractivity contribution in [1.29, 1.82) is 0 Å². The van der Waals surface area contributed by atoms with Crippen LogP contribution in [-0.2, 0) is 4.79 Å². The number of ether oxygens (including phenoxy) is 2. The topological polar surface area (TPSA) is 104 Å². The van der Waals surface area contributed by atoms with Crippen LogP contribution in [0.15, 0.2) is 83.3 Å². The molecule has 0 aliphatic carbocycles. The van der Waals surface area contributed by atoms with Crippen LogP contribution >= 0.6 is 11.8 Å². The molecule has 0 saturated heterocycles. The van der Waals surface area contributed by atoms with E-state index in [0.717, 1.165) is 28.3 Å². The van der Waals surface area contributed by atoms with Crippen LogP contribution in [0, 0.1) is 0 Å². The third-order valence-electron chi connectivity index (χ3n) is 5.13. The highest BCUT2D eigenvalue weighted by atomic mass is 32.2. The fourth-order valence-corrected chi connectivity index (χ4v) is 4.10. The number of hydrogen-bond acceptors (Lipinski definition) is 8. The van der Waals surface area contributed by atoms with Crippen molar-refractivity contribution in [2.24, 2.45) is 5.10 Å². The van der Waals surface area contributed by atoms with Crippen molar-refractivity contribution >= 4 is 23.4 Å². The van der Waals surface area contributed by atoms with Gasteiger partial charge in [0.25, 0.3) is 5.91 Å². The van der Waals surface area contributed by atoms with Gasteiger partial charge in [0.05, 0.1) is 25.2 Å². The summed E-state index contributed by atoms with van der Waals surface area (Å²) < 4.78 is 12.7. The Balaban J connectivity index is 1.51. The van der Waals surface area contributed by atoms with Gasteiger partial charge in [0.2, 0.25) is 0 Å². The standard InChI is InChI=1S/C26H26N6O3S/c1-4-35-22-12-10-21(11-13-22)32-25(20-8-6-14-27-16-20)30-31-26(32)36-17-24(33)29-28-18(2)19-7-5-9-23(15-19)34-3/h5-16H,4,17H2,1-3H3,(H,29,33)/b28-18-. The second-order valence-electron chi connectivity index (χ2n) is 7.56. The lowest BCUT2D eigenvalue weighted by Crippen LogP contribution is -2.21. The Morgan fingerprint density at radius 2 is 1.92 bits per heavy atom. The van der Waals surface area contributed by atoms with Crippen molar-refractivity contribution in [2.45, 2.75) is 19.0 Å². The smallest absolute Gasteiger partial charge is 0.250 e. The number of pyridine rings is 1. The van der Waals surface area contributed by atoms with E-state index in [1.165, 1.54) is 11.8 Å². The highest BCUT2D eigenvalue weighted by molar-refractivity contribution is 7.99. The van der Waals surface area contributed by atoms with E-state index in [-0.39, 0.29) is 11.7 Å². The Kier molecular flexibility index (Phi) is 8.30. The number of methoxy groups -OCH3 is 1. The molecule has 4 aromatic rings. The number of thioether (sulfide) groups is 1. The maximum Gasteiger partial charge on any atom is 0.250 e. The van der Waals surface area contributed by atoms with Gasteiger partial charge >= 0.3 is 0 Å². The Hall–Kier alpha value is -4.18. The zero-order chi connectivity index (χ0) is 25.3. The summed E-state index contributed by atoms with van der Waals surface area (Å²) in [5.74, 6) is 1.97. The summed E-state index contributed by atoms with van der Waals surface area (Å²) >= 11 is 1.27. The first-order valence-electron chi connectivity index (χ1n) is 11.3. The number of nitrogens with one attached hydrogen (secondary N) is 1. The number of amides is 1. The third-order valence-corrected chi connectivity index (χ3v) is 6.06. The van der Waals surface area contributed by atoms with Gasteiger partial charge < -0.3 is 9.47 Å². The maximum atomic E-state index is 12.6. The molecule has 2 aromatic heterocycles. The van der Waals surface area contributed by atoms with Gasteiger partial charge in [-0.05, 0) is 62.4 Å². The summed E-state index contributed by atoms with van der Waals surface area (Å²) in [5.41, 5.74) is 5.80. The molecule has 2 aromatic carbocycles. The van der Waals surface area contributed by atoms with Crippen LogP contribution in [-0.4, -0.2) is 50.8 Å². The fraction of sp³-hybridized carbons (Fsp3) is 0.192. The Morgan fingerprint density at radius 3 is 2.64 bits per heavy atom. The van der Waals surface area contributed by atoms with Gasteiger partial charge in [0.1, 0.15) is 11.5 Å². The summed E-state index contributed by atoms with van der Waals surface area (Å²) in [6.07, 6.45) is 3.43. The van der Waals surface area contributed by atoms with Crippen LogP contribution in [0.5, 0.6) is 11.5 Å². The molecule has 0 saturated carbocycles. The van der Waals surface area contributed by atoms with E-state index in [9.17, 15) is 4.79 Å². The lowest BCUT2D eigenvalue weighted by molar-refractivity contribution is -0.118. The molecule has 184 valence electrons. The number of rotatable bonds is 10. The van der Waals surface area contributed by atoms with Crippen molar-refractivity contribution in [3.63, 3.8) is 0 Å². The predicted molar refractivity (Wildman–Crippen MR) is 140 cm³/mol. The second kappa shape index (κ2) is 12.0. The minimum absolute atomic E-state index is 0.108. The van der Waals surface area contributed by atoms with E-state index in [4.69, 9.17) is 9.47 Å². The van der Waals surface area contributed by atoms with E-state index in [1.807, 2.05) is 79.1 Å². The quantitative estimate of drug-likeness (QED) is 0.195. The van der Waals surface area contributed by atoms with E-state index in [0.29, 0.717) is 23.3 Å². The largest absolute Gasteiger partial charge is 0.497 e. The summed E-state index contributed by atoms with van der Waals surface area (Å²) in [5, 5.41) is 13.5. The Bertz CT molecular complexity index is 1340. The van der Waals surface area contributed by atoms with E-state index in [2.05, 4.69) is 25.7 Å². The van der Waals surface area contributed by atoms with Crippen molar-refractivity contribution in [1.82, 2.24) is 25.2 Å². The predicted octanol–water partition coefficient (Wildman–Crippen LogP) is 4.37. The number of carbonyl (C=O) groups is 1. The molecule has 10 heteroatoms. The van der Waals surface area contributed by atoms with Crippen LogP contribution < -0.4 is 14.9 Å². The third kappa shape index (κ3) is 6.08. The number of aromatic nitrogens is 4. The summed E-state index contributed by atoms with van der Waals surface area (Å²) in [7, 11) is 1.61. The molecular formula is C26H26N6O3S. The first kappa shape index (κ1) is 24.9. The lowest BCUT2D eigenvalue weighted by atomic mass is 10.1. The molecule has 0 radical (unpaired) electrons. The van der Waals surface area contributed by atoms with Crippen LogP contribution in [0.3, 0.4) is 0 Å². The molecule has 1 amide bonds. The first-order chi connectivity index (χ1) is 17.6. The van der Waals surface area contributed by atoms with Gasteiger partial charge in [-0.25, -0.2) is 5.43 Å². The van der Waals surface area contributed by atoms with E-state index >= 15 is 0 Å². The molecule has 0 fully saturated rings. The van der Waals surface area contributed by atoms with Crippen molar-refractivity contribution < 1.29 is 14.3 Å². The maximum absolute atomic E-state index is 12.6. The lowest BCUT2D eigenvalue weighted by Gasteiger charge is -2.11. The van der Waals surface area contributed by atoms with Gasteiger partial charge in [-0.3, -0.25) is 14.3 Å². The minimum Gasteiger partial charge on any atom is -0.497 e. The molecule has 0 spiro atoms. The van der Waals surface area contributed by atoms with E-state index in [1.54, 1.807) is 19.5 Å². The zero-order valence-corrected chi connectivity index (χ0v) is 21.0. The SMILES string of the molecule is CCOc1ccc(-n2c(SCC(=O)N/N=C(/C)c3cccc(OC)c3)nnc2-c2cccnc2)cc1. The number of hydrazone groups is 1. The average Bonchev–Trinajstić information content (AvgIpc) is 3.35. The van der Waals surface area contributed by atoms with Gasteiger partial charge in [-0.2, -0.15) is 5.10 Å². The van der Waals surface area contributed by atoms with Crippen LogP contribution in [0.2, 0.25) is 0 Å². The Labute approximate surface area is 213 Å². The minimum atomic E-state index is -0.258. The van der Waals surface area contributed by atoms with Crippen LogP contribution in [0.1, 0.15) is 19.4 Å². The Morgan fingerprint density at radius 1 is 1.08 bits per heavy atom. The molecular weight excluding hydrogens is 476 g/mol. The molecule has 2 heterocycles. The normalized spacial score (nSPS) is 11.2. The van der Waals surface area contributed by atoms with Gasteiger partial charge in [0.15, 0.2) is 11.0 Å². The van der Waals surface area contributed by atoms with Gasteiger partial charge in [0, 0.05) is 29.2 Å². The molecule has 9 nitrogen and oxygen atoms in total. The van der Waals surface area contributed by atoms with Crippen molar-refractivity contribution in [3.8, 4) is 28.6 Å². The highest BCUT2D eigenvalue weighted by Crippen LogP contribution is 2.28. The summed E-state index contributed by atoms with van der Waals surface area (Å²) in [6.45, 7) is 4.35.